The topological polar surface area (TPSA) is 59.4 Å². The fourth-order valence-electron chi connectivity index (χ4n) is 2.69. The van der Waals surface area contributed by atoms with Crippen molar-refractivity contribution in [3.8, 4) is 0 Å². The van der Waals surface area contributed by atoms with Gasteiger partial charge in [-0.2, -0.15) is 0 Å². The van der Waals surface area contributed by atoms with E-state index in [1.165, 1.54) is 0 Å². The fraction of sp³-hybridized carbons (Fsp3) is 0.692. The van der Waals surface area contributed by atoms with Crippen LogP contribution in [0.2, 0.25) is 0 Å². The first-order chi connectivity index (χ1) is 9.29. The van der Waals surface area contributed by atoms with E-state index < -0.39 is 0 Å². The van der Waals surface area contributed by atoms with E-state index in [-0.39, 0.29) is 11.9 Å². The molecule has 3 rings (SSSR count). The monoisotopic (exact) mass is 264 g/mol. The zero-order chi connectivity index (χ0) is 13.2. The lowest BCUT2D eigenvalue weighted by Gasteiger charge is -2.34. The van der Waals surface area contributed by atoms with Crippen LogP contribution < -0.4 is 5.32 Å². The standard InChI is InChI=1S/C13H20N4O2/c1-2-10-9-19-7-6-17(10)12(18)11-8-16-5-3-4-14-13(16)15-11/h8,10H,2-7,9H2,1H3,(H,14,15). The van der Waals surface area contributed by atoms with Crippen molar-refractivity contribution in [3.63, 3.8) is 0 Å². The molecule has 1 saturated heterocycles. The van der Waals surface area contributed by atoms with Crippen LogP contribution in [-0.4, -0.2) is 52.7 Å². The molecule has 6 heteroatoms. The molecular weight excluding hydrogens is 244 g/mol. The summed E-state index contributed by atoms with van der Waals surface area (Å²) < 4.78 is 7.46. The summed E-state index contributed by atoms with van der Waals surface area (Å²) in [5.41, 5.74) is 0.546. The molecule has 1 N–H and O–H groups in total. The molecule has 0 bridgehead atoms. The van der Waals surface area contributed by atoms with Crippen molar-refractivity contribution in [1.29, 1.82) is 0 Å². The number of aryl methyl sites for hydroxylation is 1. The molecule has 2 aliphatic heterocycles. The molecule has 2 aliphatic rings. The lowest BCUT2D eigenvalue weighted by atomic mass is 10.1. The molecule has 0 aliphatic carbocycles. The molecule has 0 aromatic carbocycles. The first-order valence-corrected chi connectivity index (χ1v) is 6.99. The second-order valence-electron chi connectivity index (χ2n) is 5.06. The maximum absolute atomic E-state index is 12.6. The third-order valence-electron chi connectivity index (χ3n) is 3.81. The van der Waals surface area contributed by atoms with Crippen molar-refractivity contribution in [1.82, 2.24) is 14.5 Å². The van der Waals surface area contributed by atoms with Gasteiger partial charge in [-0.15, -0.1) is 0 Å². The molecule has 0 saturated carbocycles. The third kappa shape index (κ3) is 2.32. The van der Waals surface area contributed by atoms with Crippen LogP contribution in [0.3, 0.4) is 0 Å². The minimum Gasteiger partial charge on any atom is -0.377 e. The van der Waals surface area contributed by atoms with E-state index in [1.54, 1.807) is 0 Å². The zero-order valence-corrected chi connectivity index (χ0v) is 11.3. The van der Waals surface area contributed by atoms with Crippen molar-refractivity contribution in [3.05, 3.63) is 11.9 Å². The summed E-state index contributed by atoms with van der Waals surface area (Å²) in [5, 5.41) is 3.22. The van der Waals surface area contributed by atoms with E-state index in [1.807, 2.05) is 15.7 Å². The second-order valence-corrected chi connectivity index (χ2v) is 5.06. The first-order valence-electron chi connectivity index (χ1n) is 6.99. The normalized spacial score (nSPS) is 22.8. The van der Waals surface area contributed by atoms with Gasteiger partial charge in [0.25, 0.3) is 5.91 Å². The van der Waals surface area contributed by atoms with Gasteiger partial charge in [0, 0.05) is 25.8 Å². The van der Waals surface area contributed by atoms with Crippen LogP contribution in [0.25, 0.3) is 0 Å². The number of aromatic nitrogens is 2. The van der Waals surface area contributed by atoms with Crippen molar-refractivity contribution in [2.24, 2.45) is 0 Å². The van der Waals surface area contributed by atoms with Gasteiger partial charge in [-0.1, -0.05) is 6.92 Å². The Morgan fingerprint density at radius 3 is 3.26 bits per heavy atom. The Morgan fingerprint density at radius 1 is 1.58 bits per heavy atom. The fourth-order valence-corrected chi connectivity index (χ4v) is 2.69. The Kier molecular flexibility index (Phi) is 3.42. The predicted octanol–water partition coefficient (Wildman–Crippen LogP) is 0.950. The minimum absolute atomic E-state index is 0.0267. The van der Waals surface area contributed by atoms with Crippen LogP contribution in [0, 0.1) is 0 Å². The van der Waals surface area contributed by atoms with Crippen LogP contribution in [0.4, 0.5) is 5.95 Å². The van der Waals surface area contributed by atoms with Gasteiger partial charge >= 0.3 is 0 Å². The number of fused-ring (bicyclic) bond motifs is 1. The number of carbonyl (C=O) groups excluding carboxylic acids is 1. The summed E-state index contributed by atoms with van der Waals surface area (Å²) in [7, 11) is 0. The van der Waals surface area contributed by atoms with Crippen LogP contribution >= 0.6 is 0 Å². The minimum atomic E-state index is 0.0267. The summed E-state index contributed by atoms with van der Waals surface area (Å²) in [6.45, 7) is 5.86. The van der Waals surface area contributed by atoms with Crippen molar-refractivity contribution in [2.45, 2.75) is 32.4 Å². The van der Waals surface area contributed by atoms with Crippen LogP contribution in [0.1, 0.15) is 30.3 Å². The predicted molar refractivity (Wildman–Crippen MR) is 71.3 cm³/mol. The van der Waals surface area contributed by atoms with E-state index in [9.17, 15) is 4.79 Å². The molecule has 1 aromatic heterocycles. The highest BCUT2D eigenvalue weighted by Crippen LogP contribution is 2.18. The van der Waals surface area contributed by atoms with Crippen molar-refractivity contribution < 1.29 is 9.53 Å². The van der Waals surface area contributed by atoms with Crippen LogP contribution in [0.5, 0.6) is 0 Å². The average molecular weight is 264 g/mol. The smallest absolute Gasteiger partial charge is 0.274 e. The molecule has 1 unspecified atom stereocenters. The number of amides is 1. The highest BCUT2D eigenvalue weighted by molar-refractivity contribution is 5.93. The van der Waals surface area contributed by atoms with Gasteiger partial charge in [0.15, 0.2) is 0 Å². The molecule has 6 nitrogen and oxygen atoms in total. The third-order valence-corrected chi connectivity index (χ3v) is 3.81. The summed E-state index contributed by atoms with van der Waals surface area (Å²) in [6.07, 6.45) is 3.86. The number of nitrogens with zero attached hydrogens (tertiary/aromatic N) is 3. The van der Waals surface area contributed by atoms with Gasteiger partial charge in [0.1, 0.15) is 5.69 Å². The molecule has 19 heavy (non-hydrogen) atoms. The maximum atomic E-state index is 12.6. The van der Waals surface area contributed by atoms with Gasteiger partial charge in [0.2, 0.25) is 5.95 Å². The Balaban J connectivity index is 1.80. The number of carbonyl (C=O) groups is 1. The molecular formula is C13H20N4O2. The number of hydrogen-bond acceptors (Lipinski definition) is 4. The summed E-state index contributed by atoms with van der Waals surface area (Å²) in [4.78, 5) is 18.9. The van der Waals surface area contributed by atoms with E-state index >= 15 is 0 Å². The van der Waals surface area contributed by atoms with E-state index in [2.05, 4.69) is 17.2 Å². The number of morpholine rings is 1. The molecule has 1 amide bonds. The van der Waals surface area contributed by atoms with Gasteiger partial charge in [-0.25, -0.2) is 4.98 Å². The van der Waals surface area contributed by atoms with E-state index in [4.69, 9.17) is 4.74 Å². The van der Waals surface area contributed by atoms with Crippen molar-refractivity contribution >= 4 is 11.9 Å². The Morgan fingerprint density at radius 2 is 2.47 bits per heavy atom. The average Bonchev–Trinajstić information content (AvgIpc) is 2.90. The number of nitrogens with one attached hydrogen (secondary N) is 1. The van der Waals surface area contributed by atoms with E-state index in [0.29, 0.717) is 25.5 Å². The number of hydrogen-bond donors (Lipinski definition) is 1. The molecule has 3 heterocycles. The number of imidazole rings is 1. The van der Waals surface area contributed by atoms with Gasteiger partial charge in [-0.3, -0.25) is 4.79 Å². The second kappa shape index (κ2) is 5.21. The molecule has 1 atom stereocenters. The number of anilines is 1. The Labute approximate surface area is 112 Å². The number of ether oxygens (including phenoxy) is 1. The molecule has 1 fully saturated rings. The highest BCUT2D eigenvalue weighted by atomic mass is 16.5. The van der Waals surface area contributed by atoms with E-state index in [0.717, 1.165) is 31.9 Å². The largest absolute Gasteiger partial charge is 0.377 e. The molecule has 0 radical (unpaired) electrons. The molecule has 0 spiro atoms. The lowest BCUT2D eigenvalue weighted by molar-refractivity contribution is -0.00308. The first kappa shape index (κ1) is 12.5. The van der Waals surface area contributed by atoms with Crippen LogP contribution in [-0.2, 0) is 11.3 Å². The van der Waals surface area contributed by atoms with Gasteiger partial charge in [-0.05, 0) is 12.8 Å². The summed E-state index contributed by atoms with van der Waals surface area (Å²) in [5.74, 6) is 0.842. The summed E-state index contributed by atoms with van der Waals surface area (Å²) in [6, 6.07) is 0.174. The van der Waals surface area contributed by atoms with Crippen molar-refractivity contribution in [2.75, 3.05) is 31.6 Å². The maximum Gasteiger partial charge on any atom is 0.274 e. The highest BCUT2D eigenvalue weighted by Gasteiger charge is 2.29. The van der Waals surface area contributed by atoms with Crippen LogP contribution in [0.15, 0.2) is 6.20 Å². The van der Waals surface area contributed by atoms with Gasteiger partial charge < -0.3 is 19.5 Å². The molecule has 104 valence electrons. The quantitative estimate of drug-likeness (QED) is 0.864. The Hall–Kier alpha value is -1.56. The van der Waals surface area contributed by atoms with Gasteiger partial charge in [0.05, 0.1) is 19.3 Å². The lowest BCUT2D eigenvalue weighted by Crippen LogP contribution is -2.48. The summed E-state index contributed by atoms with van der Waals surface area (Å²) >= 11 is 0. The molecule has 1 aromatic rings. The Bertz CT molecular complexity index is 448. The SMILES string of the molecule is CCC1COCCN1C(=O)c1cn2c(n1)NCCC2. The number of rotatable bonds is 2. The zero-order valence-electron chi connectivity index (χ0n) is 11.3.